The SMILES string of the molecule is C1=COCCC1.COC(=O)C1=C(c2ccccc2NS(=O)[O-])C(C)(C)CC=C1. The van der Waals surface area contributed by atoms with Gasteiger partial charge in [-0.3, -0.25) is 4.21 Å². The summed E-state index contributed by atoms with van der Waals surface area (Å²) in [6, 6.07) is 7.02. The maximum absolute atomic E-state index is 12.1. The van der Waals surface area contributed by atoms with Gasteiger partial charge in [0.05, 0.1) is 31.2 Å². The molecule has 0 radical (unpaired) electrons. The highest BCUT2D eigenvalue weighted by atomic mass is 32.2. The Morgan fingerprint density at radius 2 is 2.04 bits per heavy atom. The Balaban J connectivity index is 0.000000397. The minimum atomic E-state index is -2.44. The average Bonchev–Trinajstić information content (AvgIpc) is 2.69. The molecule has 1 unspecified atom stereocenters. The van der Waals surface area contributed by atoms with Crippen molar-refractivity contribution < 1.29 is 23.0 Å². The molecule has 1 aliphatic heterocycles. The predicted octanol–water partition coefficient (Wildman–Crippen LogP) is 4.12. The van der Waals surface area contributed by atoms with Gasteiger partial charge in [0.1, 0.15) is 0 Å². The van der Waals surface area contributed by atoms with Crippen molar-refractivity contribution in [2.45, 2.75) is 33.1 Å². The Morgan fingerprint density at radius 3 is 2.57 bits per heavy atom. The van der Waals surface area contributed by atoms with Crippen LogP contribution in [0.25, 0.3) is 5.57 Å². The molecule has 7 heteroatoms. The van der Waals surface area contributed by atoms with Gasteiger partial charge in [0, 0.05) is 16.8 Å². The monoisotopic (exact) mass is 404 g/mol. The summed E-state index contributed by atoms with van der Waals surface area (Å²) in [6.07, 6.45) is 10.6. The molecule has 6 nitrogen and oxygen atoms in total. The van der Waals surface area contributed by atoms with Gasteiger partial charge >= 0.3 is 5.97 Å². The van der Waals surface area contributed by atoms with Crippen LogP contribution in [0.2, 0.25) is 0 Å². The van der Waals surface area contributed by atoms with Crippen LogP contribution in [0, 0.1) is 5.41 Å². The first-order valence-corrected chi connectivity index (χ1v) is 10.2. The summed E-state index contributed by atoms with van der Waals surface area (Å²) in [5.74, 6) is -0.433. The van der Waals surface area contributed by atoms with E-state index in [0.29, 0.717) is 16.8 Å². The predicted molar refractivity (Wildman–Crippen MR) is 110 cm³/mol. The third-order valence-electron chi connectivity index (χ3n) is 4.48. The third kappa shape index (κ3) is 5.81. The number of para-hydroxylation sites is 1. The van der Waals surface area contributed by atoms with E-state index in [0.717, 1.165) is 18.6 Å². The highest BCUT2D eigenvalue weighted by Crippen LogP contribution is 2.45. The fourth-order valence-corrected chi connectivity index (χ4v) is 3.54. The van der Waals surface area contributed by atoms with Crippen LogP contribution in [0.15, 0.2) is 54.3 Å². The van der Waals surface area contributed by atoms with E-state index < -0.39 is 17.2 Å². The second-order valence-corrected chi connectivity index (χ2v) is 7.71. The van der Waals surface area contributed by atoms with Crippen LogP contribution in [0.3, 0.4) is 0 Å². The molecule has 0 fully saturated rings. The van der Waals surface area contributed by atoms with Gasteiger partial charge in [-0.05, 0) is 42.4 Å². The average molecular weight is 405 g/mol. The number of carbonyl (C=O) groups excluding carboxylic acids is 1. The summed E-state index contributed by atoms with van der Waals surface area (Å²) in [5, 5.41) is 0. The molecule has 2 aliphatic rings. The van der Waals surface area contributed by atoms with Gasteiger partial charge in [0.2, 0.25) is 0 Å². The molecule has 0 saturated carbocycles. The van der Waals surface area contributed by atoms with Crippen LogP contribution < -0.4 is 4.72 Å². The molecule has 1 atom stereocenters. The number of hydrogen-bond acceptors (Lipinski definition) is 5. The number of esters is 1. The van der Waals surface area contributed by atoms with Gasteiger partial charge in [-0.2, -0.15) is 0 Å². The molecule has 0 amide bonds. The number of benzene rings is 1. The Hall–Kier alpha value is -2.38. The number of methoxy groups -OCH3 is 1. The van der Waals surface area contributed by atoms with Crippen molar-refractivity contribution in [3.8, 4) is 0 Å². The van der Waals surface area contributed by atoms with Gasteiger partial charge < -0.3 is 18.7 Å². The standard InChI is InChI=1S/C16H19NO4S.C5H8O/c1-16(2)10-6-8-12(15(18)21-3)14(16)11-7-4-5-9-13(11)17-22(19)20;1-2-4-6-5-3-1/h4-9,17H,10H2,1-3H3,(H,19,20);2,4H,1,3,5H2/p-1. The Labute approximate surface area is 168 Å². The lowest BCUT2D eigenvalue weighted by Gasteiger charge is -2.33. The number of ether oxygens (including phenoxy) is 2. The number of nitrogens with one attached hydrogen (secondary N) is 1. The van der Waals surface area contributed by atoms with E-state index in [4.69, 9.17) is 9.47 Å². The third-order valence-corrected chi connectivity index (χ3v) is 4.87. The molecule has 28 heavy (non-hydrogen) atoms. The highest BCUT2D eigenvalue weighted by Gasteiger charge is 2.32. The smallest absolute Gasteiger partial charge is 0.338 e. The normalized spacial score (nSPS) is 18.4. The van der Waals surface area contributed by atoms with E-state index in [1.807, 2.05) is 32.1 Å². The zero-order chi connectivity index (χ0) is 20.6. The Bertz CT molecular complexity index is 803. The molecule has 0 aromatic heterocycles. The molecule has 0 saturated heterocycles. The quantitative estimate of drug-likeness (QED) is 0.602. The summed E-state index contributed by atoms with van der Waals surface area (Å²) < 4.78 is 34.2. The molecule has 3 rings (SSSR count). The first kappa shape index (κ1) is 21.9. The molecule has 0 spiro atoms. The molecule has 0 bridgehead atoms. The second kappa shape index (κ2) is 10.2. The van der Waals surface area contributed by atoms with Gasteiger partial charge in [-0.15, -0.1) is 0 Å². The van der Waals surface area contributed by atoms with Gasteiger partial charge in [-0.25, -0.2) is 4.79 Å². The number of allylic oxidation sites excluding steroid dienone is 3. The summed E-state index contributed by atoms with van der Waals surface area (Å²) >= 11 is -2.44. The first-order valence-electron chi connectivity index (χ1n) is 9.08. The van der Waals surface area contributed by atoms with Crippen LogP contribution in [-0.4, -0.2) is 28.4 Å². The Kier molecular flexibility index (Phi) is 8.02. The minimum Gasteiger partial charge on any atom is -0.755 e. The van der Waals surface area contributed by atoms with Crippen LogP contribution in [0.5, 0.6) is 0 Å². The molecule has 1 aliphatic carbocycles. The molecular weight excluding hydrogens is 378 g/mol. The van der Waals surface area contributed by atoms with Crippen molar-refractivity contribution >= 4 is 28.5 Å². The van der Waals surface area contributed by atoms with Crippen molar-refractivity contribution in [3.63, 3.8) is 0 Å². The van der Waals surface area contributed by atoms with E-state index in [-0.39, 0.29) is 5.41 Å². The number of carbonyl (C=O) groups is 1. The molecular formula is C21H26NO5S-. The number of anilines is 1. The highest BCUT2D eigenvalue weighted by molar-refractivity contribution is 7.80. The van der Waals surface area contributed by atoms with E-state index >= 15 is 0 Å². The molecule has 1 N–H and O–H groups in total. The first-order chi connectivity index (χ1) is 13.4. The lowest BCUT2D eigenvalue weighted by atomic mass is 9.72. The fraction of sp³-hybridized carbons (Fsp3) is 0.381. The van der Waals surface area contributed by atoms with Crippen molar-refractivity contribution in [1.29, 1.82) is 0 Å². The summed E-state index contributed by atoms with van der Waals surface area (Å²) in [4.78, 5) is 12.1. The van der Waals surface area contributed by atoms with Crippen LogP contribution in [0.1, 0.15) is 38.7 Å². The number of rotatable bonds is 4. The molecule has 152 valence electrons. The summed E-state index contributed by atoms with van der Waals surface area (Å²) in [6.45, 7) is 4.94. The zero-order valence-electron chi connectivity index (χ0n) is 16.4. The summed E-state index contributed by atoms with van der Waals surface area (Å²) in [7, 11) is 1.33. The maximum Gasteiger partial charge on any atom is 0.338 e. The minimum absolute atomic E-state index is 0.319. The van der Waals surface area contributed by atoms with Gasteiger partial charge in [-0.1, -0.05) is 44.2 Å². The van der Waals surface area contributed by atoms with Crippen molar-refractivity contribution in [2.75, 3.05) is 18.4 Å². The molecule has 1 heterocycles. The van der Waals surface area contributed by atoms with Crippen molar-refractivity contribution in [2.24, 2.45) is 5.41 Å². The van der Waals surface area contributed by atoms with Crippen LogP contribution >= 0.6 is 0 Å². The summed E-state index contributed by atoms with van der Waals surface area (Å²) in [5.41, 5.74) is 2.03. The second-order valence-electron chi connectivity index (χ2n) is 7.04. The van der Waals surface area contributed by atoms with Crippen LogP contribution in [0.4, 0.5) is 5.69 Å². The largest absolute Gasteiger partial charge is 0.755 e. The van der Waals surface area contributed by atoms with Crippen LogP contribution in [-0.2, 0) is 25.5 Å². The van der Waals surface area contributed by atoms with Crippen molar-refractivity contribution in [1.82, 2.24) is 0 Å². The topological polar surface area (TPSA) is 87.7 Å². The zero-order valence-corrected chi connectivity index (χ0v) is 17.2. The Morgan fingerprint density at radius 1 is 1.29 bits per heavy atom. The number of hydrogen-bond donors (Lipinski definition) is 1. The maximum atomic E-state index is 12.1. The molecule has 1 aromatic carbocycles. The van der Waals surface area contributed by atoms with E-state index in [9.17, 15) is 13.6 Å². The fourth-order valence-electron chi connectivity index (χ4n) is 3.18. The molecule has 1 aromatic rings. The lowest BCUT2D eigenvalue weighted by molar-refractivity contribution is -0.135. The van der Waals surface area contributed by atoms with E-state index in [1.54, 1.807) is 30.5 Å². The van der Waals surface area contributed by atoms with Gasteiger partial charge in [0.15, 0.2) is 0 Å². The lowest BCUT2D eigenvalue weighted by Crippen LogP contribution is -2.22. The van der Waals surface area contributed by atoms with E-state index in [2.05, 4.69) is 4.72 Å². The van der Waals surface area contributed by atoms with Crippen molar-refractivity contribution in [3.05, 3.63) is 59.9 Å². The van der Waals surface area contributed by atoms with E-state index in [1.165, 1.54) is 20.0 Å². The van der Waals surface area contributed by atoms with Gasteiger partial charge in [0.25, 0.3) is 0 Å².